The molecule has 2 rings (SSSR count). The third kappa shape index (κ3) is 2.15. The van der Waals surface area contributed by atoms with E-state index in [2.05, 4.69) is 4.98 Å². The van der Waals surface area contributed by atoms with Crippen molar-refractivity contribution >= 4 is 34.8 Å². The molecule has 1 aliphatic rings. The average Bonchev–Trinajstić information content (AvgIpc) is 2.60. The highest BCUT2D eigenvalue weighted by Gasteiger charge is 2.31. The molecular formula is C11H12Cl2N2O. The van der Waals surface area contributed by atoms with Crippen LogP contribution in [0.4, 0.5) is 5.69 Å². The normalized spacial score (nSPS) is 20.6. The molecule has 16 heavy (non-hydrogen) atoms. The molecule has 0 aliphatic carbocycles. The predicted octanol–water partition coefficient (Wildman–Crippen LogP) is 2.64. The van der Waals surface area contributed by atoms with Gasteiger partial charge in [-0.15, -0.1) is 11.6 Å². The number of pyridine rings is 1. The third-order valence-corrected chi connectivity index (χ3v) is 3.40. The van der Waals surface area contributed by atoms with Gasteiger partial charge in [-0.25, -0.2) is 4.98 Å². The SMILES string of the molecule is Cc1ccc(N2CC(CCl)CC2=O)c(Cl)n1. The molecule has 1 fully saturated rings. The van der Waals surface area contributed by atoms with Gasteiger partial charge in [0, 0.05) is 24.5 Å². The number of nitrogens with zero attached hydrogens (tertiary/aromatic N) is 2. The maximum atomic E-state index is 11.8. The largest absolute Gasteiger partial charge is 0.309 e. The summed E-state index contributed by atoms with van der Waals surface area (Å²) in [6.07, 6.45) is 0.494. The van der Waals surface area contributed by atoms with Crippen LogP contribution in [0.5, 0.6) is 0 Å². The summed E-state index contributed by atoms with van der Waals surface area (Å²) in [6.45, 7) is 2.50. The van der Waals surface area contributed by atoms with Crippen molar-refractivity contribution in [1.82, 2.24) is 4.98 Å². The van der Waals surface area contributed by atoms with Gasteiger partial charge in [-0.05, 0) is 25.0 Å². The van der Waals surface area contributed by atoms with E-state index in [0.717, 1.165) is 5.69 Å². The van der Waals surface area contributed by atoms with Crippen LogP contribution in [-0.4, -0.2) is 23.3 Å². The van der Waals surface area contributed by atoms with E-state index in [0.29, 0.717) is 29.7 Å². The van der Waals surface area contributed by atoms with Gasteiger partial charge in [-0.3, -0.25) is 4.79 Å². The highest BCUT2D eigenvalue weighted by Crippen LogP contribution is 2.30. The van der Waals surface area contributed by atoms with Crippen LogP contribution < -0.4 is 4.90 Å². The predicted molar refractivity (Wildman–Crippen MR) is 65.2 cm³/mol. The molecule has 86 valence electrons. The summed E-state index contributed by atoms with van der Waals surface area (Å²) in [5.41, 5.74) is 1.53. The Morgan fingerprint density at radius 2 is 2.31 bits per heavy atom. The van der Waals surface area contributed by atoms with E-state index in [-0.39, 0.29) is 11.8 Å². The van der Waals surface area contributed by atoms with Gasteiger partial charge >= 0.3 is 0 Å². The minimum Gasteiger partial charge on any atom is -0.309 e. The maximum Gasteiger partial charge on any atom is 0.227 e. The lowest BCUT2D eigenvalue weighted by Crippen LogP contribution is -2.25. The highest BCUT2D eigenvalue weighted by molar-refractivity contribution is 6.32. The number of anilines is 1. The summed E-state index contributed by atoms with van der Waals surface area (Å²) in [6, 6.07) is 3.68. The molecule has 0 spiro atoms. The van der Waals surface area contributed by atoms with Crippen LogP contribution in [0, 0.1) is 12.8 Å². The van der Waals surface area contributed by atoms with Crippen LogP contribution in [0.2, 0.25) is 5.15 Å². The lowest BCUT2D eigenvalue weighted by atomic mass is 10.1. The fraction of sp³-hybridized carbons (Fsp3) is 0.455. The zero-order valence-electron chi connectivity index (χ0n) is 8.91. The number of aryl methyl sites for hydroxylation is 1. The summed E-state index contributed by atoms with van der Waals surface area (Å²) >= 11 is 11.8. The van der Waals surface area contributed by atoms with Gasteiger partial charge in [0.2, 0.25) is 5.91 Å². The summed E-state index contributed by atoms with van der Waals surface area (Å²) in [4.78, 5) is 17.6. The first-order valence-corrected chi connectivity index (χ1v) is 6.02. The monoisotopic (exact) mass is 258 g/mol. The molecule has 0 saturated carbocycles. The van der Waals surface area contributed by atoms with E-state index in [9.17, 15) is 4.79 Å². The minimum atomic E-state index is 0.0678. The minimum absolute atomic E-state index is 0.0678. The van der Waals surface area contributed by atoms with Gasteiger partial charge in [0.05, 0.1) is 5.69 Å². The second-order valence-corrected chi connectivity index (χ2v) is 4.66. The van der Waals surface area contributed by atoms with E-state index < -0.39 is 0 Å². The fourth-order valence-corrected chi connectivity index (χ4v) is 2.34. The Bertz CT molecular complexity index is 422. The number of rotatable bonds is 2. The Kier molecular flexibility index (Phi) is 3.36. The van der Waals surface area contributed by atoms with E-state index in [4.69, 9.17) is 23.2 Å². The van der Waals surface area contributed by atoms with Gasteiger partial charge in [-0.1, -0.05) is 11.6 Å². The lowest BCUT2D eigenvalue weighted by Gasteiger charge is -2.17. The van der Waals surface area contributed by atoms with Gasteiger partial charge in [0.25, 0.3) is 0 Å². The average molecular weight is 259 g/mol. The molecule has 5 heteroatoms. The first-order valence-electron chi connectivity index (χ1n) is 5.11. The molecule has 1 aliphatic heterocycles. The standard InChI is InChI=1S/C11H12Cl2N2O/c1-7-2-3-9(11(13)14-7)15-6-8(5-12)4-10(15)16/h2-3,8H,4-6H2,1H3. The summed E-state index contributed by atoms with van der Waals surface area (Å²) < 4.78 is 0. The number of alkyl halides is 1. The van der Waals surface area contributed by atoms with E-state index >= 15 is 0 Å². The van der Waals surface area contributed by atoms with Crippen LogP contribution in [0.25, 0.3) is 0 Å². The lowest BCUT2D eigenvalue weighted by molar-refractivity contribution is -0.117. The van der Waals surface area contributed by atoms with Crippen LogP contribution in [0.3, 0.4) is 0 Å². The van der Waals surface area contributed by atoms with Crippen molar-refractivity contribution < 1.29 is 4.79 Å². The maximum absolute atomic E-state index is 11.8. The number of hydrogen-bond acceptors (Lipinski definition) is 2. The van der Waals surface area contributed by atoms with Crippen LogP contribution in [0.15, 0.2) is 12.1 Å². The molecule has 1 saturated heterocycles. The number of amides is 1. The molecule has 2 heterocycles. The number of halogens is 2. The van der Waals surface area contributed by atoms with Crippen molar-refractivity contribution in [2.75, 3.05) is 17.3 Å². The second kappa shape index (κ2) is 4.60. The van der Waals surface area contributed by atoms with E-state index in [1.54, 1.807) is 4.90 Å². The van der Waals surface area contributed by atoms with Crippen LogP contribution in [0.1, 0.15) is 12.1 Å². The van der Waals surface area contributed by atoms with Crippen LogP contribution >= 0.6 is 23.2 Å². The zero-order chi connectivity index (χ0) is 11.7. The number of carbonyl (C=O) groups is 1. The Balaban J connectivity index is 2.28. The first kappa shape index (κ1) is 11.7. The topological polar surface area (TPSA) is 33.2 Å². The molecular weight excluding hydrogens is 247 g/mol. The number of aromatic nitrogens is 1. The van der Waals surface area contributed by atoms with Gasteiger partial charge < -0.3 is 4.90 Å². The number of hydrogen-bond donors (Lipinski definition) is 0. The molecule has 1 aromatic heterocycles. The van der Waals surface area contributed by atoms with Crippen molar-refractivity contribution in [2.45, 2.75) is 13.3 Å². The number of carbonyl (C=O) groups excluding carboxylic acids is 1. The van der Waals surface area contributed by atoms with Crippen LogP contribution in [-0.2, 0) is 4.79 Å². The summed E-state index contributed by atoms with van der Waals surface area (Å²) in [5.74, 6) is 0.781. The Morgan fingerprint density at radius 3 is 2.88 bits per heavy atom. The first-order chi connectivity index (χ1) is 7.61. The molecule has 0 radical (unpaired) electrons. The molecule has 3 nitrogen and oxygen atoms in total. The highest BCUT2D eigenvalue weighted by atomic mass is 35.5. The smallest absolute Gasteiger partial charge is 0.227 e. The molecule has 1 amide bonds. The zero-order valence-corrected chi connectivity index (χ0v) is 10.4. The summed E-state index contributed by atoms with van der Waals surface area (Å²) in [7, 11) is 0. The van der Waals surface area contributed by atoms with Gasteiger partial charge in [0.1, 0.15) is 0 Å². The second-order valence-electron chi connectivity index (χ2n) is 3.99. The molecule has 0 N–H and O–H groups in total. The van der Waals surface area contributed by atoms with Crippen molar-refractivity contribution in [3.63, 3.8) is 0 Å². The molecule has 1 atom stereocenters. The van der Waals surface area contributed by atoms with Crippen molar-refractivity contribution in [3.05, 3.63) is 23.0 Å². The van der Waals surface area contributed by atoms with Crippen molar-refractivity contribution in [2.24, 2.45) is 5.92 Å². The van der Waals surface area contributed by atoms with Crippen molar-refractivity contribution in [1.29, 1.82) is 0 Å². The molecule has 1 aromatic rings. The quantitative estimate of drug-likeness (QED) is 0.604. The Hall–Kier alpha value is -0.800. The Labute approximate surface area is 104 Å². The fourth-order valence-electron chi connectivity index (χ4n) is 1.84. The molecule has 0 bridgehead atoms. The van der Waals surface area contributed by atoms with E-state index in [1.165, 1.54) is 0 Å². The van der Waals surface area contributed by atoms with E-state index in [1.807, 2.05) is 19.1 Å². The third-order valence-electron chi connectivity index (χ3n) is 2.68. The Morgan fingerprint density at radius 1 is 1.56 bits per heavy atom. The molecule has 1 unspecified atom stereocenters. The van der Waals surface area contributed by atoms with Crippen molar-refractivity contribution in [3.8, 4) is 0 Å². The van der Waals surface area contributed by atoms with Gasteiger partial charge in [-0.2, -0.15) is 0 Å². The summed E-state index contributed by atoms with van der Waals surface area (Å²) in [5, 5.41) is 0.378. The molecule has 0 aromatic carbocycles. The van der Waals surface area contributed by atoms with Gasteiger partial charge in [0.15, 0.2) is 5.15 Å².